The van der Waals surface area contributed by atoms with E-state index in [9.17, 15) is 9.59 Å². The van der Waals surface area contributed by atoms with E-state index in [2.05, 4.69) is 5.32 Å². The Morgan fingerprint density at radius 1 is 1.12 bits per heavy atom. The summed E-state index contributed by atoms with van der Waals surface area (Å²) in [4.78, 5) is 28.3. The highest BCUT2D eigenvalue weighted by Gasteiger charge is 2.25. The van der Waals surface area contributed by atoms with Crippen molar-refractivity contribution in [1.82, 2.24) is 15.1 Å². The molecule has 1 aromatic rings. The average molecular weight is 345 g/mol. The molecule has 1 N–H and O–H groups in total. The Balaban J connectivity index is 1.40. The summed E-state index contributed by atoms with van der Waals surface area (Å²) in [5.74, 6) is 0.128. The van der Waals surface area contributed by atoms with Crippen molar-refractivity contribution in [2.75, 3.05) is 39.3 Å². The number of nitrogens with zero attached hydrogens (tertiary/aromatic N) is 2. The standard InChI is InChI=1S/C19H27N3O3/c1-15-4-6-16(7-5-15)13-18(23)21-8-10-22(11-9-21)19(24)20-14-17-3-2-12-25-17/h4-7,17H,2-3,8-14H2,1H3,(H,20,24). The molecule has 6 nitrogen and oxygen atoms in total. The van der Waals surface area contributed by atoms with Crippen LogP contribution >= 0.6 is 0 Å². The van der Waals surface area contributed by atoms with E-state index in [1.165, 1.54) is 5.56 Å². The van der Waals surface area contributed by atoms with Gasteiger partial charge in [0, 0.05) is 39.3 Å². The number of urea groups is 1. The number of piperazine rings is 1. The molecule has 2 fully saturated rings. The van der Waals surface area contributed by atoms with Gasteiger partial charge in [-0.25, -0.2) is 4.79 Å². The van der Waals surface area contributed by atoms with Crippen LogP contribution < -0.4 is 5.32 Å². The van der Waals surface area contributed by atoms with Gasteiger partial charge in [-0.3, -0.25) is 4.79 Å². The fourth-order valence-electron chi connectivity index (χ4n) is 3.27. The Labute approximate surface area is 149 Å². The predicted octanol–water partition coefficient (Wildman–Crippen LogP) is 1.57. The fourth-order valence-corrected chi connectivity index (χ4v) is 3.27. The van der Waals surface area contributed by atoms with Crippen molar-refractivity contribution in [2.45, 2.75) is 32.3 Å². The lowest BCUT2D eigenvalue weighted by Gasteiger charge is -2.35. The first-order valence-corrected chi connectivity index (χ1v) is 9.09. The van der Waals surface area contributed by atoms with Gasteiger partial charge in [0.2, 0.25) is 5.91 Å². The maximum Gasteiger partial charge on any atom is 0.317 e. The molecule has 0 aromatic heterocycles. The third-order valence-corrected chi connectivity index (χ3v) is 4.90. The Morgan fingerprint density at radius 2 is 1.80 bits per heavy atom. The van der Waals surface area contributed by atoms with Crippen LogP contribution in [0.2, 0.25) is 0 Å². The summed E-state index contributed by atoms with van der Waals surface area (Å²) in [5.41, 5.74) is 2.23. The highest BCUT2D eigenvalue weighted by atomic mass is 16.5. The second-order valence-electron chi connectivity index (χ2n) is 6.85. The molecule has 2 heterocycles. The van der Waals surface area contributed by atoms with Gasteiger partial charge >= 0.3 is 6.03 Å². The number of hydrogen-bond donors (Lipinski definition) is 1. The Bertz CT molecular complexity index is 588. The Kier molecular flexibility index (Phi) is 5.91. The molecule has 2 aliphatic rings. The van der Waals surface area contributed by atoms with Gasteiger partial charge < -0.3 is 19.9 Å². The molecule has 3 amide bonds. The van der Waals surface area contributed by atoms with Crippen LogP contribution in [0.15, 0.2) is 24.3 Å². The van der Waals surface area contributed by atoms with Crippen LogP contribution in [0.3, 0.4) is 0 Å². The van der Waals surface area contributed by atoms with Gasteiger partial charge in [-0.1, -0.05) is 29.8 Å². The summed E-state index contributed by atoms with van der Waals surface area (Å²) in [7, 11) is 0. The van der Waals surface area contributed by atoms with E-state index in [4.69, 9.17) is 4.74 Å². The van der Waals surface area contributed by atoms with Crippen LogP contribution in [-0.4, -0.2) is 67.2 Å². The van der Waals surface area contributed by atoms with Crippen molar-refractivity contribution in [3.63, 3.8) is 0 Å². The van der Waals surface area contributed by atoms with Crippen molar-refractivity contribution in [2.24, 2.45) is 0 Å². The van der Waals surface area contributed by atoms with Crippen molar-refractivity contribution in [3.05, 3.63) is 35.4 Å². The van der Waals surface area contributed by atoms with Gasteiger partial charge in [0.1, 0.15) is 0 Å². The largest absolute Gasteiger partial charge is 0.376 e. The molecule has 0 saturated carbocycles. The summed E-state index contributed by atoms with van der Waals surface area (Å²) in [5, 5.41) is 2.94. The van der Waals surface area contributed by atoms with Crippen molar-refractivity contribution in [3.8, 4) is 0 Å². The quantitative estimate of drug-likeness (QED) is 0.901. The first-order chi connectivity index (χ1) is 12.1. The number of rotatable bonds is 4. The zero-order chi connectivity index (χ0) is 17.6. The second-order valence-corrected chi connectivity index (χ2v) is 6.85. The first kappa shape index (κ1) is 17.7. The monoisotopic (exact) mass is 345 g/mol. The van der Waals surface area contributed by atoms with E-state index in [1.54, 1.807) is 4.90 Å². The van der Waals surface area contributed by atoms with E-state index in [-0.39, 0.29) is 18.0 Å². The van der Waals surface area contributed by atoms with Crippen LogP contribution in [0.5, 0.6) is 0 Å². The van der Waals surface area contributed by atoms with Crippen LogP contribution in [0, 0.1) is 6.92 Å². The number of benzene rings is 1. The second kappa shape index (κ2) is 8.34. The maximum absolute atomic E-state index is 12.4. The number of hydrogen-bond acceptors (Lipinski definition) is 3. The smallest absolute Gasteiger partial charge is 0.317 e. The van der Waals surface area contributed by atoms with Gasteiger partial charge in [0.15, 0.2) is 0 Å². The first-order valence-electron chi connectivity index (χ1n) is 9.09. The average Bonchev–Trinajstić information content (AvgIpc) is 3.15. The molecule has 0 spiro atoms. The van der Waals surface area contributed by atoms with E-state index < -0.39 is 0 Å². The maximum atomic E-state index is 12.4. The van der Waals surface area contributed by atoms with Gasteiger partial charge in [0.05, 0.1) is 12.5 Å². The summed E-state index contributed by atoms with van der Waals surface area (Å²) < 4.78 is 5.52. The highest BCUT2D eigenvalue weighted by Crippen LogP contribution is 2.11. The minimum atomic E-state index is -0.0545. The third-order valence-electron chi connectivity index (χ3n) is 4.90. The predicted molar refractivity (Wildman–Crippen MR) is 95.4 cm³/mol. The zero-order valence-corrected chi connectivity index (χ0v) is 14.9. The fraction of sp³-hybridized carbons (Fsp3) is 0.579. The molecule has 0 bridgehead atoms. The molecule has 1 atom stereocenters. The molecular formula is C19H27N3O3. The van der Waals surface area contributed by atoms with Gasteiger partial charge in [-0.05, 0) is 25.3 Å². The lowest BCUT2D eigenvalue weighted by Crippen LogP contribution is -2.54. The summed E-state index contributed by atoms with van der Waals surface area (Å²) in [6, 6.07) is 8.00. The van der Waals surface area contributed by atoms with Crippen molar-refractivity contribution in [1.29, 1.82) is 0 Å². The van der Waals surface area contributed by atoms with Crippen LogP contribution in [0.1, 0.15) is 24.0 Å². The highest BCUT2D eigenvalue weighted by molar-refractivity contribution is 5.79. The molecule has 1 aromatic carbocycles. The van der Waals surface area contributed by atoms with Gasteiger partial charge in [-0.15, -0.1) is 0 Å². The van der Waals surface area contributed by atoms with Gasteiger partial charge in [0.25, 0.3) is 0 Å². The minimum absolute atomic E-state index is 0.0545. The zero-order valence-electron chi connectivity index (χ0n) is 14.9. The summed E-state index contributed by atoms with van der Waals surface area (Å²) in [6.45, 7) is 5.76. The molecule has 136 valence electrons. The lowest BCUT2D eigenvalue weighted by atomic mass is 10.1. The van der Waals surface area contributed by atoms with Gasteiger partial charge in [-0.2, -0.15) is 0 Å². The topological polar surface area (TPSA) is 61.9 Å². The van der Waals surface area contributed by atoms with E-state index in [0.29, 0.717) is 39.1 Å². The number of nitrogens with one attached hydrogen (secondary N) is 1. The Hall–Kier alpha value is -2.08. The number of ether oxygens (including phenoxy) is 1. The molecular weight excluding hydrogens is 318 g/mol. The Morgan fingerprint density at radius 3 is 2.44 bits per heavy atom. The van der Waals surface area contributed by atoms with Crippen LogP contribution in [0.25, 0.3) is 0 Å². The lowest BCUT2D eigenvalue weighted by molar-refractivity contribution is -0.131. The SMILES string of the molecule is Cc1ccc(CC(=O)N2CCN(C(=O)NCC3CCCO3)CC2)cc1. The third kappa shape index (κ3) is 4.95. The van der Waals surface area contributed by atoms with E-state index in [0.717, 1.165) is 25.0 Å². The minimum Gasteiger partial charge on any atom is -0.376 e. The molecule has 3 rings (SSSR count). The number of carbonyl (C=O) groups excluding carboxylic acids is 2. The molecule has 0 aliphatic carbocycles. The number of amides is 3. The number of carbonyl (C=O) groups is 2. The van der Waals surface area contributed by atoms with E-state index in [1.807, 2.05) is 36.1 Å². The van der Waals surface area contributed by atoms with Crippen molar-refractivity contribution >= 4 is 11.9 Å². The molecule has 2 saturated heterocycles. The van der Waals surface area contributed by atoms with Crippen LogP contribution in [-0.2, 0) is 16.0 Å². The van der Waals surface area contributed by atoms with Crippen LogP contribution in [0.4, 0.5) is 4.79 Å². The van der Waals surface area contributed by atoms with E-state index >= 15 is 0 Å². The normalized spacial score (nSPS) is 20.6. The molecule has 25 heavy (non-hydrogen) atoms. The van der Waals surface area contributed by atoms with Crippen molar-refractivity contribution < 1.29 is 14.3 Å². The molecule has 1 unspecified atom stereocenters. The summed E-state index contributed by atoms with van der Waals surface area (Å²) >= 11 is 0. The number of aryl methyl sites for hydroxylation is 1. The molecule has 2 aliphatic heterocycles. The summed E-state index contributed by atoms with van der Waals surface area (Å²) in [6.07, 6.45) is 2.66. The molecule has 0 radical (unpaired) electrons. The molecule has 6 heteroatoms.